The van der Waals surface area contributed by atoms with E-state index in [-0.39, 0.29) is 10.7 Å². The van der Waals surface area contributed by atoms with Crippen LogP contribution in [0, 0.1) is 10.1 Å². The average Bonchev–Trinajstić information content (AvgIpc) is 2.43. The van der Waals surface area contributed by atoms with Crippen molar-refractivity contribution in [1.29, 1.82) is 0 Å². The number of hydrogen-bond acceptors (Lipinski definition) is 3. The van der Waals surface area contributed by atoms with E-state index in [9.17, 15) is 10.1 Å². The molecule has 0 aliphatic carbocycles. The summed E-state index contributed by atoms with van der Waals surface area (Å²) in [6, 6.07) is 11.1. The van der Waals surface area contributed by atoms with Gasteiger partial charge in [-0.05, 0) is 42.5 Å². The lowest BCUT2D eigenvalue weighted by Crippen LogP contribution is -2.19. The second-order valence-corrected chi connectivity index (χ2v) is 5.26. The first-order chi connectivity index (χ1) is 9.95. The first kappa shape index (κ1) is 15.5. The first-order valence-corrected chi connectivity index (χ1v) is 6.89. The van der Waals surface area contributed by atoms with Gasteiger partial charge in [0.15, 0.2) is 5.11 Å². The summed E-state index contributed by atoms with van der Waals surface area (Å²) < 4.78 is 0. The quantitative estimate of drug-likeness (QED) is 0.480. The Hall–Kier alpha value is -1.89. The Labute approximate surface area is 136 Å². The molecule has 0 bridgehead atoms. The molecule has 5 nitrogen and oxygen atoms in total. The van der Waals surface area contributed by atoms with Crippen molar-refractivity contribution in [2.75, 3.05) is 10.6 Å². The van der Waals surface area contributed by atoms with E-state index in [1.165, 1.54) is 18.2 Å². The summed E-state index contributed by atoms with van der Waals surface area (Å²) in [5.41, 5.74) is 1.16. The Kier molecular flexibility index (Phi) is 4.95. The number of non-ortho nitro benzene ring substituents is 1. The zero-order chi connectivity index (χ0) is 15.4. The fourth-order valence-corrected chi connectivity index (χ4v) is 2.11. The maximum Gasteiger partial charge on any atom is 0.271 e. The van der Waals surface area contributed by atoms with Crippen LogP contribution in [0.5, 0.6) is 0 Å². The molecule has 2 aromatic rings. The Morgan fingerprint density at radius 1 is 1.10 bits per heavy atom. The predicted molar refractivity (Wildman–Crippen MR) is 89.4 cm³/mol. The summed E-state index contributed by atoms with van der Waals surface area (Å²) in [5.74, 6) is 0. The summed E-state index contributed by atoms with van der Waals surface area (Å²) in [7, 11) is 0. The lowest BCUT2D eigenvalue weighted by Gasteiger charge is -2.11. The zero-order valence-corrected chi connectivity index (χ0v) is 12.8. The highest BCUT2D eigenvalue weighted by molar-refractivity contribution is 7.80. The lowest BCUT2D eigenvalue weighted by atomic mass is 10.3. The summed E-state index contributed by atoms with van der Waals surface area (Å²) in [6.45, 7) is 0. The van der Waals surface area contributed by atoms with Crippen LogP contribution in [0.1, 0.15) is 0 Å². The normalized spacial score (nSPS) is 10.0. The van der Waals surface area contributed by atoms with Gasteiger partial charge in [-0.25, -0.2) is 0 Å². The summed E-state index contributed by atoms with van der Waals surface area (Å²) in [4.78, 5) is 10.1. The van der Waals surface area contributed by atoms with Gasteiger partial charge in [-0.3, -0.25) is 10.1 Å². The molecule has 0 amide bonds. The molecule has 0 unspecified atom stereocenters. The van der Waals surface area contributed by atoms with Crippen LogP contribution in [-0.2, 0) is 0 Å². The maximum atomic E-state index is 10.6. The zero-order valence-electron chi connectivity index (χ0n) is 10.5. The number of nitro benzene ring substituents is 1. The molecule has 0 atom stereocenters. The molecule has 2 rings (SSSR count). The molecule has 21 heavy (non-hydrogen) atoms. The minimum atomic E-state index is -0.514. The average molecular weight is 342 g/mol. The number of nitrogens with zero attached hydrogens (tertiary/aromatic N) is 1. The topological polar surface area (TPSA) is 67.2 Å². The van der Waals surface area contributed by atoms with Crippen LogP contribution in [-0.4, -0.2) is 10.0 Å². The second-order valence-electron chi connectivity index (χ2n) is 4.01. The van der Waals surface area contributed by atoms with Crippen molar-refractivity contribution in [1.82, 2.24) is 0 Å². The molecule has 0 spiro atoms. The van der Waals surface area contributed by atoms with Gasteiger partial charge in [0.2, 0.25) is 0 Å². The number of nitrogens with one attached hydrogen (secondary N) is 2. The van der Waals surface area contributed by atoms with E-state index >= 15 is 0 Å². The molecule has 0 radical (unpaired) electrons. The molecule has 108 valence electrons. The third-order valence-corrected chi connectivity index (χ3v) is 3.28. The number of thiocarbonyl (C=S) groups is 1. The van der Waals surface area contributed by atoms with E-state index in [2.05, 4.69) is 10.6 Å². The fourth-order valence-electron chi connectivity index (χ4n) is 1.54. The summed E-state index contributed by atoms with van der Waals surface area (Å²) in [5, 5.41) is 17.6. The predicted octanol–water partition coefficient (Wildman–Crippen LogP) is 4.71. The lowest BCUT2D eigenvalue weighted by molar-refractivity contribution is -0.384. The molecular weight excluding hydrogens is 333 g/mol. The Balaban J connectivity index is 2.06. The van der Waals surface area contributed by atoms with E-state index in [1.54, 1.807) is 24.3 Å². The van der Waals surface area contributed by atoms with Crippen LogP contribution in [0.25, 0.3) is 0 Å². The van der Waals surface area contributed by atoms with Gasteiger partial charge < -0.3 is 10.6 Å². The fraction of sp³-hybridized carbons (Fsp3) is 0. The van der Waals surface area contributed by atoms with Crippen molar-refractivity contribution in [2.24, 2.45) is 0 Å². The number of benzene rings is 2. The van der Waals surface area contributed by atoms with Gasteiger partial charge in [-0.15, -0.1) is 0 Å². The van der Waals surface area contributed by atoms with Gasteiger partial charge in [0.1, 0.15) is 0 Å². The molecule has 0 saturated carbocycles. The molecule has 2 N–H and O–H groups in total. The van der Waals surface area contributed by atoms with Gasteiger partial charge in [-0.2, -0.15) is 0 Å². The smallest absolute Gasteiger partial charge is 0.271 e. The van der Waals surface area contributed by atoms with Crippen molar-refractivity contribution in [2.45, 2.75) is 0 Å². The highest BCUT2D eigenvalue weighted by Crippen LogP contribution is 2.26. The number of nitro groups is 1. The SMILES string of the molecule is O=[N+]([O-])c1ccc(NC(=S)Nc2ccc(Cl)cc2)c(Cl)c1. The van der Waals surface area contributed by atoms with Crippen LogP contribution in [0.4, 0.5) is 17.1 Å². The minimum absolute atomic E-state index is 0.0814. The standard InChI is InChI=1S/C13H9Cl2N3O2S/c14-8-1-3-9(4-2-8)16-13(21)17-12-6-5-10(18(19)20)7-11(12)15/h1-7H,(H2,16,17,21). The highest BCUT2D eigenvalue weighted by Gasteiger charge is 2.10. The van der Waals surface area contributed by atoms with Crippen LogP contribution >= 0.6 is 35.4 Å². The maximum absolute atomic E-state index is 10.6. The second kappa shape index (κ2) is 6.71. The van der Waals surface area contributed by atoms with E-state index in [4.69, 9.17) is 35.4 Å². The third-order valence-electron chi connectivity index (χ3n) is 2.51. The van der Waals surface area contributed by atoms with E-state index < -0.39 is 4.92 Å². The number of halogens is 2. The van der Waals surface area contributed by atoms with E-state index in [0.717, 1.165) is 5.69 Å². The molecule has 8 heteroatoms. The Morgan fingerprint density at radius 2 is 1.76 bits per heavy atom. The van der Waals surface area contributed by atoms with Gasteiger partial charge in [0.05, 0.1) is 15.6 Å². The molecule has 0 heterocycles. The monoisotopic (exact) mass is 341 g/mol. The first-order valence-electron chi connectivity index (χ1n) is 5.73. The van der Waals surface area contributed by atoms with Gasteiger partial charge >= 0.3 is 0 Å². The van der Waals surface area contributed by atoms with Crippen LogP contribution in [0.3, 0.4) is 0 Å². The molecular formula is C13H9Cl2N3O2S. The number of rotatable bonds is 3. The molecule has 0 aliphatic heterocycles. The summed E-state index contributed by atoms with van der Waals surface area (Å²) >= 11 is 16.9. The molecule has 0 aliphatic rings. The van der Waals surface area contributed by atoms with Gasteiger partial charge in [0, 0.05) is 22.8 Å². The van der Waals surface area contributed by atoms with Crippen molar-refractivity contribution >= 4 is 57.6 Å². The number of hydrogen-bond donors (Lipinski definition) is 2. The van der Waals surface area contributed by atoms with Crippen molar-refractivity contribution < 1.29 is 4.92 Å². The van der Waals surface area contributed by atoms with Crippen molar-refractivity contribution in [3.8, 4) is 0 Å². The van der Waals surface area contributed by atoms with Crippen LogP contribution in [0.15, 0.2) is 42.5 Å². The van der Waals surface area contributed by atoms with Crippen LogP contribution in [0.2, 0.25) is 10.0 Å². The highest BCUT2D eigenvalue weighted by atomic mass is 35.5. The van der Waals surface area contributed by atoms with E-state index in [1.807, 2.05) is 0 Å². The molecule has 0 aromatic heterocycles. The Bertz CT molecular complexity index is 692. The molecule has 0 saturated heterocycles. The molecule has 2 aromatic carbocycles. The number of anilines is 2. The minimum Gasteiger partial charge on any atom is -0.332 e. The van der Waals surface area contributed by atoms with Gasteiger partial charge in [0.25, 0.3) is 5.69 Å². The third kappa shape index (κ3) is 4.29. The van der Waals surface area contributed by atoms with Gasteiger partial charge in [-0.1, -0.05) is 23.2 Å². The van der Waals surface area contributed by atoms with Crippen molar-refractivity contribution in [3.05, 3.63) is 62.6 Å². The van der Waals surface area contributed by atoms with Crippen molar-refractivity contribution in [3.63, 3.8) is 0 Å². The van der Waals surface area contributed by atoms with Crippen LogP contribution < -0.4 is 10.6 Å². The Morgan fingerprint density at radius 3 is 2.33 bits per heavy atom. The van der Waals surface area contributed by atoms with E-state index in [0.29, 0.717) is 15.8 Å². The largest absolute Gasteiger partial charge is 0.332 e. The molecule has 0 fully saturated rings. The summed E-state index contributed by atoms with van der Waals surface area (Å²) in [6.07, 6.45) is 0.